The fourth-order valence-corrected chi connectivity index (χ4v) is 5.38. The summed E-state index contributed by atoms with van der Waals surface area (Å²) in [5, 5.41) is 0. The summed E-state index contributed by atoms with van der Waals surface area (Å²) >= 11 is 0. The summed E-state index contributed by atoms with van der Waals surface area (Å²) < 4.78 is 11.0. The molecule has 0 saturated heterocycles. The molecule has 0 aromatic rings. The molecule has 256 valence electrons. The van der Waals surface area contributed by atoms with E-state index < -0.39 is 0 Å². The third-order valence-corrected chi connectivity index (χ3v) is 9.30. The molecule has 0 radical (unpaired) electrons. The van der Waals surface area contributed by atoms with Crippen LogP contribution in [0, 0.1) is 29.6 Å². The summed E-state index contributed by atoms with van der Waals surface area (Å²) in [4.78, 5) is 0. The van der Waals surface area contributed by atoms with E-state index >= 15 is 0 Å². The normalized spacial score (nSPS) is 17.3. The summed E-state index contributed by atoms with van der Waals surface area (Å²) in [6, 6.07) is 0. The Morgan fingerprint density at radius 2 is 1.02 bits per heavy atom. The molecular formula is C42H76O2. The average Bonchev–Trinajstić information content (AvgIpc) is 2.95. The van der Waals surface area contributed by atoms with E-state index in [0.29, 0.717) is 17.8 Å². The second kappa shape index (κ2) is 24.8. The molecular weight excluding hydrogens is 536 g/mol. The van der Waals surface area contributed by atoms with Crippen LogP contribution in [-0.4, -0.2) is 25.4 Å². The van der Waals surface area contributed by atoms with Crippen LogP contribution in [0.5, 0.6) is 0 Å². The van der Waals surface area contributed by atoms with Crippen LogP contribution in [-0.2, 0) is 9.47 Å². The maximum atomic E-state index is 5.51. The summed E-state index contributed by atoms with van der Waals surface area (Å²) in [5.74, 6) is 3.64. The highest BCUT2D eigenvalue weighted by atomic mass is 16.5. The molecule has 0 aliphatic heterocycles. The lowest BCUT2D eigenvalue weighted by molar-refractivity contribution is 0.0251. The maximum Gasteiger partial charge on any atom is 0.0657 e. The van der Waals surface area contributed by atoms with Crippen molar-refractivity contribution in [1.29, 1.82) is 0 Å². The van der Waals surface area contributed by atoms with Gasteiger partial charge in [-0.1, -0.05) is 146 Å². The number of hydrogen-bond donors (Lipinski definition) is 0. The summed E-state index contributed by atoms with van der Waals surface area (Å²) in [6.45, 7) is 22.7. The zero-order valence-corrected chi connectivity index (χ0v) is 31.6. The molecule has 0 rings (SSSR count). The first kappa shape index (κ1) is 42.6. The Morgan fingerprint density at radius 1 is 0.568 bits per heavy atom. The van der Waals surface area contributed by atoms with Gasteiger partial charge in [0.25, 0.3) is 0 Å². The van der Waals surface area contributed by atoms with Crippen molar-refractivity contribution < 1.29 is 9.47 Å². The van der Waals surface area contributed by atoms with E-state index in [4.69, 9.17) is 9.47 Å². The Labute approximate surface area is 276 Å². The van der Waals surface area contributed by atoms with Gasteiger partial charge in [-0.15, -0.1) is 0 Å². The van der Waals surface area contributed by atoms with Crippen LogP contribution in [0.25, 0.3) is 0 Å². The van der Waals surface area contributed by atoms with E-state index in [1.807, 2.05) is 0 Å². The molecule has 0 spiro atoms. The van der Waals surface area contributed by atoms with Gasteiger partial charge < -0.3 is 9.47 Å². The van der Waals surface area contributed by atoms with Crippen molar-refractivity contribution in [3.8, 4) is 0 Å². The van der Waals surface area contributed by atoms with Gasteiger partial charge in [0.1, 0.15) is 0 Å². The molecule has 5 unspecified atom stereocenters. The number of ether oxygens (including phenoxy) is 2. The Bertz CT molecular complexity index is 840. The summed E-state index contributed by atoms with van der Waals surface area (Å²) in [6.07, 6.45) is 37.3. The number of methoxy groups -OCH3 is 2. The van der Waals surface area contributed by atoms with Crippen molar-refractivity contribution in [2.45, 2.75) is 164 Å². The van der Waals surface area contributed by atoms with Crippen molar-refractivity contribution >= 4 is 0 Å². The van der Waals surface area contributed by atoms with Gasteiger partial charge >= 0.3 is 0 Å². The molecule has 2 heteroatoms. The van der Waals surface area contributed by atoms with Crippen LogP contribution in [0.2, 0.25) is 0 Å². The molecule has 0 aromatic heterocycles. The molecule has 5 atom stereocenters. The molecule has 44 heavy (non-hydrogen) atoms. The van der Waals surface area contributed by atoms with Gasteiger partial charge in [-0.2, -0.15) is 0 Å². The first-order chi connectivity index (χ1) is 20.7. The van der Waals surface area contributed by atoms with Crippen molar-refractivity contribution in [2.75, 3.05) is 14.2 Å². The van der Waals surface area contributed by atoms with Gasteiger partial charge in [-0.05, 0) is 96.3 Å². The highest BCUT2D eigenvalue weighted by molar-refractivity contribution is 5.22. The Morgan fingerprint density at radius 3 is 1.59 bits per heavy atom. The number of unbranched alkanes of at least 4 members (excludes halogenated alkanes) is 1. The average molecular weight is 613 g/mol. The van der Waals surface area contributed by atoms with Crippen LogP contribution in [0.1, 0.15) is 153 Å². The smallest absolute Gasteiger partial charge is 0.0657 e. The highest BCUT2D eigenvalue weighted by Crippen LogP contribution is 2.23. The lowest BCUT2D eigenvalue weighted by Gasteiger charge is -2.20. The van der Waals surface area contributed by atoms with Crippen molar-refractivity contribution in [3.63, 3.8) is 0 Å². The molecule has 0 bridgehead atoms. The minimum absolute atomic E-state index is 0.0480. The topological polar surface area (TPSA) is 18.5 Å². The minimum Gasteiger partial charge on any atom is -0.378 e. The molecule has 0 aliphatic rings. The third-order valence-electron chi connectivity index (χ3n) is 9.30. The van der Waals surface area contributed by atoms with Crippen LogP contribution >= 0.6 is 0 Å². The maximum absolute atomic E-state index is 5.51. The first-order valence-electron chi connectivity index (χ1n) is 18.1. The second-order valence-corrected chi connectivity index (χ2v) is 15.4. The predicted octanol–water partition coefficient (Wildman–Crippen LogP) is 13.3. The molecule has 0 amide bonds. The Hall–Kier alpha value is -1.38. The molecule has 0 fully saturated rings. The van der Waals surface area contributed by atoms with Crippen molar-refractivity contribution in [2.24, 2.45) is 29.6 Å². The van der Waals surface area contributed by atoms with Crippen LogP contribution in [0.4, 0.5) is 0 Å². The summed E-state index contributed by atoms with van der Waals surface area (Å²) in [5.41, 5.74) is 1.13. The van der Waals surface area contributed by atoms with Gasteiger partial charge in [0.05, 0.1) is 11.2 Å². The third kappa shape index (κ3) is 25.9. The monoisotopic (exact) mass is 613 g/mol. The fraction of sp³-hybridized carbons (Fsp3) is 0.762. The van der Waals surface area contributed by atoms with E-state index in [-0.39, 0.29) is 11.2 Å². The molecule has 0 aliphatic carbocycles. The van der Waals surface area contributed by atoms with E-state index in [2.05, 4.69) is 124 Å². The number of rotatable bonds is 26. The Kier molecular flexibility index (Phi) is 24.0. The molecule has 0 N–H and O–H groups in total. The van der Waals surface area contributed by atoms with Crippen LogP contribution < -0.4 is 0 Å². The van der Waals surface area contributed by atoms with Crippen LogP contribution in [0.3, 0.4) is 0 Å². The number of hydrogen-bond acceptors (Lipinski definition) is 2. The SMILES string of the molecule is COC(C)(C)C/C=C/C(C)=C/C=C/C(C)C/C=C/C(C)CCCCC(C)CCCC(C)CCCC(C)/C=C/CC(C)(C)OC. The predicted molar refractivity (Wildman–Crippen MR) is 198 cm³/mol. The van der Waals surface area contributed by atoms with E-state index in [0.717, 1.165) is 31.1 Å². The first-order valence-corrected chi connectivity index (χ1v) is 18.1. The van der Waals surface area contributed by atoms with E-state index in [9.17, 15) is 0 Å². The van der Waals surface area contributed by atoms with E-state index in [1.54, 1.807) is 14.2 Å². The zero-order chi connectivity index (χ0) is 33.4. The van der Waals surface area contributed by atoms with Gasteiger partial charge in [-0.25, -0.2) is 0 Å². The quantitative estimate of drug-likeness (QED) is 0.0549. The zero-order valence-electron chi connectivity index (χ0n) is 31.6. The van der Waals surface area contributed by atoms with Crippen LogP contribution in [0.15, 0.2) is 60.3 Å². The summed E-state index contributed by atoms with van der Waals surface area (Å²) in [7, 11) is 3.57. The largest absolute Gasteiger partial charge is 0.378 e. The lowest BCUT2D eigenvalue weighted by atomic mass is 9.91. The van der Waals surface area contributed by atoms with Gasteiger partial charge in [0.2, 0.25) is 0 Å². The molecule has 0 aromatic carbocycles. The van der Waals surface area contributed by atoms with Gasteiger partial charge in [0.15, 0.2) is 0 Å². The van der Waals surface area contributed by atoms with Crippen molar-refractivity contribution in [3.05, 3.63) is 60.3 Å². The second-order valence-electron chi connectivity index (χ2n) is 15.4. The van der Waals surface area contributed by atoms with Gasteiger partial charge in [-0.3, -0.25) is 0 Å². The Balaban J connectivity index is 3.98. The highest BCUT2D eigenvalue weighted by Gasteiger charge is 2.14. The molecule has 0 saturated carbocycles. The molecule has 2 nitrogen and oxygen atoms in total. The van der Waals surface area contributed by atoms with E-state index in [1.165, 1.54) is 69.8 Å². The van der Waals surface area contributed by atoms with Gasteiger partial charge in [0, 0.05) is 14.2 Å². The standard InChI is InChI=1S/C42H76O2/c1-35(23-15-25-37(3)27-17-29-39(5)31-19-33-41(7,8)43-11)21-13-14-22-36(2)24-16-26-38(4)28-18-30-40(6)32-20-34-42(9,10)44-12/h15,17,19-20,23,27,29,31-32,35-38,40H,13-14,16,18,21-22,24-26,28,30,33-34H2,1-12H3/b23-15+,27-17+,31-19+,32-20+,39-29+. The lowest BCUT2D eigenvalue weighted by Crippen LogP contribution is -2.20. The number of allylic oxidation sites excluding steroid dienone is 8. The molecule has 0 heterocycles. The fourth-order valence-electron chi connectivity index (χ4n) is 5.38. The minimum atomic E-state index is -0.0951. The van der Waals surface area contributed by atoms with Crippen molar-refractivity contribution in [1.82, 2.24) is 0 Å².